The monoisotopic (exact) mass is 459 g/mol. The molecular weight excluding hydrogens is 432 g/mol. The summed E-state index contributed by atoms with van der Waals surface area (Å²) in [6.07, 6.45) is 6.79. The highest BCUT2D eigenvalue weighted by atomic mass is 32.2. The largest absolute Gasteiger partial charge is 0.845 e. The molecule has 5 rings (SSSR count). The first-order valence-electron chi connectivity index (χ1n) is 11.2. The molecule has 1 saturated heterocycles. The van der Waals surface area contributed by atoms with Crippen LogP contribution in [0.3, 0.4) is 0 Å². The van der Waals surface area contributed by atoms with E-state index < -0.39 is 22.3 Å². The van der Waals surface area contributed by atoms with Gasteiger partial charge in [0.05, 0.1) is 17.8 Å². The van der Waals surface area contributed by atoms with Gasteiger partial charge in [0.15, 0.2) is 0 Å². The van der Waals surface area contributed by atoms with Gasteiger partial charge in [-0.1, -0.05) is 11.2 Å². The number of anilines is 2. The molecule has 1 aliphatic heterocycles. The summed E-state index contributed by atoms with van der Waals surface area (Å²) in [4.78, 5) is 0. The number of hydrogen-bond donors (Lipinski definition) is 1. The number of aryl methyl sites for hydroxylation is 3. The van der Waals surface area contributed by atoms with Crippen LogP contribution in [-0.4, -0.2) is 38.9 Å². The molecule has 2 aliphatic carbocycles. The van der Waals surface area contributed by atoms with Crippen LogP contribution in [0.15, 0.2) is 21.1 Å². The SMILES string of the molecule is Cc1cc(N(C2CCOCC2)S(=O)(=O)/N=C(\[O-])Nc2c3c(cc4c2CCC4)CCC3)on1. The van der Waals surface area contributed by atoms with Crippen LogP contribution in [0.5, 0.6) is 0 Å². The van der Waals surface area contributed by atoms with Crippen molar-refractivity contribution in [2.45, 2.75) is 64.3 Å². The standard InChI is InChI=1S/C22H28N4O5S/c1-14-12-20(31-24-14)26(17-8-10-30-11-9-17)32(28,29)25-22(27)23-21-18-6-2-4-15(18)13-16-5-3-7-19(16)21/h12-13,17H,2-11H2,1H3,(H2,23,25,27)/p-1. The molecule has 0 amide bonds. The molecule has 0 radical (unpaired) electrons. The van der Waals surface area contributed by atoms with E-state index in [1.54, 1.807) is 6.92 Å². The molecule has 1 aromatic heterocycles. The summed E-state index contributed by atoms with van der Waals surface area (Å²) in [7, 11) is -4.35. The maximum absolute atomic E-state index is 13.3. The Morgan fingerprint density at radius 2 is 1.78 bits per heavy atom. The first-order chi connectivity index (χ1) is 15.4. The minimum Gasteiger partial charge on any atom is -0.845 e. The number of benzene rings is 1. The third-order valence-electron chi connectivity index (χ3n) is 6.51. The quantitative estimate of drug-likeness (QED) is 0.536. The van der Waals surface area contributed by atoms with Gasteiger partial charge in [-0.05, 0) is 80.5 Å². The normalized spacial score (nSPS) is 19.1. The van der Waals surface area contributed by atoms with Gasteiger partial charge in [0, 0.05) is 25.0 Å². The van der Waals surface area contributed by atoms with Crippen LogP contribution >= 0.6 is 0 Å². The Hall–Kier alpha value is -2.59. The number of nitrogens with zero attached hydrogens (tertiary/aromatic N) is 3. The van der Waals surface area contributed by atoms with Crippen molar-refractivity contribution in [1.82, 2.24) is 5.16 Å². The number of aromatic nitrogens is 1. The highest BCUT2D eigenvalue weighted by molar-refractivity contribution is 7.91. The van der Waals surface area contributed by atoms with Crippen LogP contribution in [0.1, 0.15) is 53.6 Å². The minimum absolute atomic E-state index is 0.0624. The molecule has 3 aliphatic rings. The van der Waals surface area contributed by atoms with Crippen molar-refractivity contribution in [3.63, 3.8) is 0 Å². The van der Waals surface area contributed by atoms with E-state index in [1.165, 1.54) is 17.2 Å². The number of hydrogen-bond acceptors (Lipinski definition) is 6. The minimum atomic E-state index is -4.35. The van der Waals surface area contributed by atoms with E-state index >= 15 is 0 Å². The van der Waals surface area contributed by atoms with E-state index in [0.717, 1.165) is 59.6 Å². The number of ether oxygens (including phenoxy) is 1. The fourth-order valence-electron chi connectivity index (χ4n) is 5.10. The number of nitrogens with one attached hydrogen (secondary N) is 1. The molecule has 0 atom stereocenters. The van der Waals surface area contributed by atoms with Gasteiger partial charge < -0.3 is 19.7 Å². The maximum atomic E-state index is 13.3. The van der Waals surface area contributed by atoms with E-state index in [2.05, 4.69) is 20.9 Å². The Morgan fingerprint density at radius 1 is 1.12 bits per heavy atom. The topological polar surface area (TPSA) is 120 Å². The van der Waals surface area contributed by atoms with Crippen LogP contribution < -0.4 is 14.7 Å². The van der Waals surface area contributed by atoms with Gasteiger partial charge in [0.25, 0.3) is 0 Å². The second-order valence-electron chi connectivity index (χ2n) is 8.68. The molecule has 0 unspecified atom stereocenters. The third kappa shape index (κ3) is 3.97. The fourth-order valence-corrected chi connectivity index (χ4v) is 6.35. The average Bonchev–Trinajstić information content (AvgIpc) is 3.49. The molecule has 32 heavy (non-hydrogen) atoms. The molecule has 0 saturated carbocycles. The summed E-state index contributed by atoms with van der Waals surface area (Å²) >= 11 is 0. The van der Waals surface area contributed by atoms with Crippen molar-refractivity contribution < 1.29 is 22.8 Å². The van der Waals surface area contributed by atoms with Gasteiger partial charge in [0.2, 0.25) is 5.88 Å². The first kappa shape index (κ1) is 21.3. The zero-order chi connectivity index (χ0) is 22.3. The van der Waals surface area contributed by atoms with Gasteiger partial charge in [-0.15, -0.1) is 4.40 Å². The van der Waals surface area contributed by atoms with Gasteiger partial charge in [0.1, 0.15) is 0 Å². The lowest BCUT2D eigenvalue weighted by Gasteiger charge is -2.31. The first-order valence-corrected chi connectivity index (χ1v) is 12.6. The third-order valence-corrected chi connectivity index (χ3v) is 7.88. The summed E-state index contributed by atoms with van der Waals surface area (Å²) in [5, 5.41) is 19.5. The second kappa shape index (κ2) is 8.40. The Kier molecular flexibility index (Phi) is 5.58. The molecule has 1 N–H and O–H groups in total. The van der Waals surface area contributed by atoms with Crippen molar-refractivity contribution >= 4 is 27.8 Å². The van der Waals surface area contributed by atoms with Crippen LogP contribution in [0.2, 0.25) is 0 Å². The summed E-state index contributed by atoms with van der Waals surface area (Å²) in [6.45, 7) is 2.57. The van der Waals surface area contributed by atoms with E-state index in [1.807, 2.05) is 0 Å². The van der Waals surface area contributed by atoms with Crippen LogP contribution in [0, 0.1) is 6.92 Å². The predicted octanol–water partition coefficient (Wildman–Crippen LogP) is 2.02. The summed E-state index contributed by atoms with van der Waals surface area (Å²) in [5.74, 6) is 0.0624. The van der Waals surface area contributed by atoms with Crippen molar-refractivity contribution in [3.8, 4) is 0 Å². The lowest BCUT2D eigenvalue weighted by atomic mass is 9.99. The van der Waals surface area contributed by atoms with Gasteiger partial charge >= 0.3 is 10.2 Å². The Morgan fingerprint density at radius 3 is 2.38 bits per heavy atom. The molecule has 0 spiro atoms. The smallest absolute Gasteiger partial charge is 0.348 e. The van der Waals surface area contributed by atoms with Gasteiger partial charge in [-0.3, -0.25) is 0 Å². The summed E-state index contributed by atoms with van der Waals surface area (Å²) in [5.41, 5.74) is 6.07. The van der Waals surface area contributed by atoms with E-state index in [4.69, 9.17) is 9.26 Å². The van der Waals surface area contributed by atoms with Crippen molar-refractivity contribution in [2.75, 3.05) is 22.8 Å². The molecule has 9 nitrogen and oxygen atoms in total. The predicted molar refractivity (Wildman–Crippen MR) is 118 cm³/mol. The Bertz CT molecular complexity index is 1120. The average molecular weight is 460 g/mol. The number of rotatable bonds is 5. The fraction of sp³-hybridized carbons (Fsp3) is 0.545. The van der Waals surface area contributed by atoms with Crippen molar-refractivity contribution in [3.05, 3.63) is 40.1 Å². The number of amidine groups is 1. The zero-order valence-electron chi connectivity index (χ0n) is 18.1. The lowest BCUT2D eigenvalue weighted by molar-refractivity contribution is -0.213. The lowest BCUT2D eigenvalue weighted by Crippen LogP contribution is -2.44. The van der Waals surface area contributed by atoms with Crippen LogP contribution in [-0.2, 0) is 40.6 Å². The Balaban J connectivity index is 1.48. The van der Waals surface area contributed by atoms with E-state index in [9.17, 15) is 13.5 Å². The van der Waals surface area contributed by atoms with Crippen molar-refractivity contribution in [1.29, 1.82) is 0 Å². The van der Waals surface area contributed by atoms with Crippen LogP contribution in [0.4, 0.5) is 11.6 Å². The molecule has 2 aromatic rings. The van der Waals surface area contributed by atoms with Gasteiger partial charge in [-0.2, -0.15) is 8.42 Å². The van der Waals surface area contributed by atoms with Gasteiger partial charge in [-0.25, -0.2) is 4.31 Å². The highest BCUT2D eigenvalue weighted by Gasteiger charge is 2.34. The molecule has 1 aromatic carbocycles. The molecule has 10 heteroatoms. The second-order valence-corrected chi connectivity index (χ2v) is 10.2. The Labute approximate surface area is 187 Å². The van der Waals surface area contributed by atoms with Crippen molar-refractivity contribution in [2.24, 2.45) is 4.40 Å². The maximum Gasteiger partial charge on any atom is 0.348 e. The molecule has 1 fully saturated rings. The number of fused-ring (bicyclic) bond motifs is 2. The zero-order valence-corrected chi connectivity index (χ0v) is 18.9. The summed E-state index contributed by atoms with van der Waals surface area (Å²) < 4.78 is 41.9. The molecule has 2 heterocycles. The highest BCUT2D eigenvalue weighted by Crippen LogP contribution is 2.38. The van der Waals surface area contributed by atoms with E-state index in [-0.39, 0.29) is 5.88 Å². The molecule has 172 valence electrons. The molecular formula is C22H27N4O5S-. The molecule has 0 bridgehead atoms. The van der Waals surface area contributed by atoms with Crippen LogP contribution in [0.25, 0.3) is 0 Å². The van der Waals surface area contributed by atoms with E-state index in [0.29, 0.717) is 31.7 Å². The summed E-state index contributed by atoms with van der Waals surface area (Å²) in [6, 6.07) is 2.50.